The van der Waals surface area contributed by atoms with Crippen molar-refractivity contribution in [3.05, 3.63) is 54.4 Å². The fourth-order valence-corrected chi connectivity index (χ4v) is 5.59. The van der Waals surface area contributed by atoms with E-state index in [4.69, 9.17) is 0 Å². The van der Waals surface area contributed by atoms with Crippen LogP contribution in [0, 0.1) is 11.3 Å². The minimum absolute atomic E-state index is 0.132. The van der Waals surface area contributed by atoms with E-state index in [1.807, 2.05) is 31.1 Å². The molecule has 1 saturated carbocycles. The molecule has 0 bridgehead atoms. The molecule has 2 heterocycles. The Bertz CT molecular complexity index is 937. The molecule has 0 N–H and O–H groups in total. The molecule has 1 aliphatic heterocycles. The molecular weight excluding hydrogens is 398 g/mol. The van der Waals surface area contributed by atoms with Gasteiger partial charge in [-0.1, -0.05) is 43.5 Å². The van der Waals surface area contributed by atoms with E-state index in [1.54, 1.807) is 17.3 Å². The Morgan fingerprint density at radius 3 is 2.50 bits per heavy atom. The lowest BCUT2D eigenvalue weighted by Crippen LogP contribution is -2.55. The van der Waals surface area contributed by atoms with E-state index in [0.29, 0.717) is 13.0 Å². The van der Waals surface area contributed by atoms with Crippen LogP contribution in [-0.2, 0) is 16.0 Å². The van der Waals surface area contributed by atoms with E-state index in [2.05, 4.69) is 29.2 Å². The van der Waals surface area contributed by atoms with E-state index >= 15 is 0 Å². The molecule has 2 fully saturated rings. The number of carbonyl (C=O) groups excluding carboxylic acids is 2. The first-order valence-electron chi connectivity index (χ1n) is 12.0. The molecule has 4 rings (SSSR count). The summed E-state index contributed by atoms with van der Waals surface area (Å²) in [6.07, 6.45) is 11.5. The van der Waals surface area contributed by atoms with Crippen molar-refractivity contribution in [1.29, 1.82) is 0 Å². The predicted molar refractivity (Wildman–Crippen MR) is 127 cm³/mol. The monoisotopic (exact) mass is 433 g/mol. The molecule has 2 aromatic rings. The minimum Gasteiger partial charge on any atom is -0.348 e. The van der Waals surface area contributed by atoms with Crippen LogP contribution in [-0.4, -0.2) is 53.8 Å². The zero-order valence-electron chi connectivity index (χ0n) is 19.4. The second kappa shape index (κ2) is 9.85. The third kappa shape index (κ3) is 4.87. The van der Waals surface area contributed by atoms with Crippen LogP contribution in [0.2, 0.25) is 0 Å². The zero-order valence-corrected chi connectivity index (χ0v) is 19.4. The molecule has 1 saturated heterocycles. The van der Waals surface area contributed by atoms with Crippen LogP contribution < -0.4 is 0 Å². The summed E-state index contributed by atoms with van der Waals surface area (Å²) in [5.74, 6) is 0.544. The molecule has 0 radical (unpaired) electrons. The number of benzene rings is 1. The van der Waals surface area contributed by atoms with Crippen LogP contribution in [0.25, 0.3) is 11.1 Å². The van der Waals surface area contributed by atoms with Crippen LogP contribution in [0.5, 0.6) is 0 Å². The van der Waals surface area contributed by atoms with Crippen LogP contribution in [0.1, 0.15) is 50.5 Å². The predicted octanol–water partition coefficient (Wildman–Crippen LogP) is 4.57. The third-order valence-corrected chi connectivity index (χ3v) is 7.19. The van der Waals surface area contributed by atoms with Gasteiger partial charge in [-0.05, 0) is 60.9 Å². The topological polar surface area (TPSA) is 53.5 Å². The van der Waals surface area contributed by atoms with E-state index in [1.165, 1.54) is 6.42 Å². The molecule has 170 valence electrons. The van der Waals surface area contributed by atoms with Gasteiger partial charge in [-0.2, -0.15) is 0 Å². The van der Waals surface area contributed by atoms with Crippen molar-refractivity contribution in [3.8, 4) is 11.1 Å². The molecule has 5 heteroatoms. The fourth-order valence-electron chi connectivity index (χ4n) is 5.59. The lowest BCUT2D eigenvalue weighted by atomic mass is 9.73. The highest BCUT2D eigenvalue weighted by Gasteiger charge is 2.45. The molecule has 1 atom stereocenters. The van der Waals surface area contributed by atoms with E-state index in [0.717, 1.165) is 61.8 Å². The summed E-state index contributed by atoms with van der Waals surface area (Å²) in [6, 6.07) is 12.5. The minimum atomic E-state index is -0.567. The Balaban J connectivity index is 1.59. The highest BCUT2D eigenvalue weighted by molar-refractivity contribution is 5.85. The maximum absolute atomic E-state index is 13.5. The number of hydrogen-bond acceptors (Lipinski definition) is 3. The van der Waals surface area contributed by atoms with Gasteiger partial charge >= 0.3 is 0 Å². The molecule has 5 nitrogen and oxygen atoms in total. The summed E-state index contributed by atoms with van der Waals surface area (Å²) in [6.45, 7) is 1.30. The average Bonchev–Trinajstić information content (AvgIpc) is 2.84. The molecule has 2 aliphatic rings. The summed E-state index contributed by atoms with van der Waals surface area (Å²) < 4.78 is 0. The van der Waals surface area contributed by atoms with Gasteiger partial charge in [-0.25, -0.2) is 0 Å². The van der Waals surface area contributed by atoms with Crippen molar-refractivity contribution >= 4 is 11.8 Å². The Labute approximate surface area is 191 Å². The Morgan fingerprint density at radius 2 is 1.78 bits per heavy atom. The normalized spacial score (nSPS) is 21.9. The molecular formula is C27H35N3O2. The largest absolute Gasteiger partial charge is 0.348 e. The Morgan fingerprint density at radius 1 is 1.03 bits per heavy atom. The van der Waals surface area contributed by atoms with Gasteiger partial charge in [0.1, 0.15) is 0 Å². The maximum atomic E-state index is 13.5. The third-order valence-electron chi connectivity index (χ3n) is 7.19. The first-order valence-corrected chi connectivity index (χ1v) is 12.0. The summed E-state index contributed by atoms with van der Waals surface area (Å²) in [7, 11) is 3.67. The van der Waals surface area contributed by atoms with Gasteiger partial charge in [0, 0.05) is 45.5 Å². The number of amides is 2. The van der Waals surface area contributed by atoms with Crippen LogP contribution >= 0.6 is 0 Å². The highest BCUT2D eigenvalue weighted by atomic mass is 16.2. The highest BCUT2D eigenvalue weighted by Crippen LogP contribution is 2.38. The summed E-state index contributed by atoms with van der Waals surface area (Å²) in [5.41, 5.74) is 2.82. The smallest absolute Gasteiger partial charge is 0.230 e. The second-order valence-electron chi connectivity index (χ2n) is 9.79. The number of rotatable bonds is 5. The van der Waals surface area contributed by atoms with Gasteiger partial charge in [0.25, 0.3) is 0 Å². The average molecular weight is 434 g/mol. The van der Waals surface area contributed by atoms with Gasteiger partial charge in [-0.3, -0.25) is 14.6 Å². The number of hydrogen-bond donors (Lipinski definition) is 0. The van der Waals surface area contributed by atoms with E-state index in [9.17, 15) is 9.59 Å². The van der Waals surface area contributed by atoms with Crippen LogP contribution in [0.4, 0.5) is 0 Å². The molecule has 0 spiro atoms. The Kier molecular flexibility index (Phi) is 6.92. The lowest BCUT2D eigenvalue weighted by molar-refractivity contribution is -0.149. The first kappa shape index (κ1) is 22.5. The number of piperidine rings is 1. The molecule has 1 unspecified atom stereocenters. The van der Waals surface area contributed by atoms with Crippen molar-refractivity contribution in [3.63, 3.8) is 0 Å². The summed E-state index contributed by atoms with van der Waals surface area (Å²) in [5, 5.41) is 0. The number of pyridine rings is 1. The van der Waals surface area contributed by atoms with E-state index in [-0.39, 0.29) is 17.7 Å². The fraction of sp³-hybridized carbons (Fsp3) is 0.519. The van der Waals surface area contributed by atoms with Crippen LogP contribution in [0.15, 0.2) is 48.8 Å². The van der Waals surface area contributed by atoms with Crippen molar-refractivity contribution in [2.45, 2.75) is 51.4 Å². The molecule has 1 aromatic heterocycles. The number of nitrogens with zero attached hydrogens (tertiary/aromatic N) is 3. The van der Waals surface area contributed by atoms with Crippen molar-refractivity contribution in [2.75, 3.05) is 27.2 Å². The summed E-state index contributed by atoms with van der Waals surface area (Å²) >= 11 is 0. The van der Waals surface area contributed by atoms with Crippen molar-refractivity contribution < 1.29 is 9.59 Å². The van der Waals surface area contributed by atoms with Gasteiger partial charge in [0.2, 0.25) is 11.8 Å². The quantitative estimate of drug-likeness (QED) is 0.694. The molecule has 32 heavy (non-hydrogen) atoms. The Hall–Kier alpha value is -2.69. The lowest BCUT2D eigenvalue weighted by Gasteiger charge is -2.44. The number of carbonyl (C=O) groups is 2. The maximum Gasteiger partial charge on any atom is 0.230 e. The molecule has 2 amide bonds. The SMILES string of the molecule is CN(C)C(=O)C1(Cc2cccc(-c3ccncc3)c2)CCCN(C(=O)C2CCCCC2)C1. The van der Waals surface area contributed by atoms with Gasteiger partial charge in [-0.15, -0.1) is 0 Å². The number of likely N-dealkylation sites (tertiary alicyclic amines) is 1. The number of aromatic nitrogens is 1. The standard InChI is InChI=1S/C27H35N3O2/c1-29(2)26(32)27(14-7-17-30(20-27)25(31)23-9-4-3-5-10-23)19-21-8-6-11-24(18-21)22-12-15-28-16-13-22/h6,8,11-13,15-16,18,23H,3-5,7,9-10,14,17,19-20H2,1-2H3. The zero-order chi connectivity index (χ0) is 22.6. The van der Waals surface area contributed by atoms with E-state index < -0.39 is 5.41 Å². The summed E-state index contributed by atoms with van der Waals surface area (Å²) in [4.78, 5) is 34.7. The van der Waals surface area contributed by atoms with Crippen molar-refractivity contribution in [2.24, 2.45) is 11.3 Å². The molecule has 1 aliphatic carbocycles. The van der Waals surface area contributed by atoms with Crippen LogP contribution in [0.3, 0.4) is 0 Å². The first-order chi connectivity index (χ1) is 15.5. The van der Waals surface area contributed by atoms with Gasteiger partial charge in [0.05, 0.1) is 5.41 Å². The second-order valence-corrected chi connectivity index (χ2v) is 9.79. The van der Waals surface area contributed by atoms with Crippen molar-refractivity contribution in [1.82, 2.24) is 14.8 Å². The van der Waals surface area contributed by atoms with Gasteiger partial charge < -0.3 is 9.80 Å². The molecule has 1 aromatic carbocycles. The van der Waals surface area contributed by atoms with Gasteiger partial charge in [0.15, 0.2) is 0 Å².